The lowest BCUT2D eigenvalue weighted by Gasteiger charge is -2.41. The van der Waals surface area contributed by atoms with E-state index in [0.29, 0.717) is 23.5 Å². The van der Waals surface area contributed by atoms with Gasteiger partial charge in [-0.05, 0) is 51.0 Å². The molecule has 1 fully saturated rings. The van der Waals surface area contributed by atoms with Crippen LogP contribution in [0.2, 0.25) is 0 Å². The van der Waals surface area contributed by atoms with Gasteiger partial charge in [-0.3, -0.25) is 4.90 Å². The molecule has 2 atom stereocenters. The number of hydrogen-bond donors (Lipinski definition) is 1. The zero-order chi connectivity index (χ0) is 14.6. The Labute approximate surface area is 121 Å². The number of rotatable bonds is 7. The number of nitrogens with one attached hydrogen (secondary N) is 1. The van der Waals surface area contributed by atoms with E-state index in [9.17, 15) is 0 Å². The summed E-state index contributed by atoms with van der Waals surface area (Å²) < 4.78 is 0. The maximum absolute atomic E-state index is 3.84. The average molecular weight is 268 g/mol. The fourth-order valence-corrected chi connectivity index (χ4v) is 3.58. The quantitative estimate of drug-likeness (QED) is 0.753. The molecule has 1 rings (SSSR count). The van der Waals surface area contributed by atoms with Gasteiger partial charge < -0.3 is 5.32 Å². The second-order valence-electron chi connectivity index (χ2n) is 7.71. The van der Waals surface area contributed by atoms with Gasteiger partial charge >= 0.3 is 0 Å². The van der Waals surface area contributed by atoms with Crippen LogP contribution >= 0.6 is 0 Å². The fraction of sp³-hybridized carbons (Fsp3) is 1.00. The first-order chi connectivity index (χ1) is 8.79. The van der Waals surface area contributed by atoms with E-state index in [4.69, 9.17) is 0 Å². The Kier molecular flexibility index (Phi) is 6.32. The van der Waals surface area contributed by atoms with Gasteiger partial charge in [0.25, 0.3) is 0 Å². The Hall–Kier alpha value is -0.0800. The molecule has 19 heavy (non-hydrogen) atoms. The maximum atomic E-state index is 3.84. The van der Waals surface area contributed by atoms with E-state index < -0.39 is 0 Å². The standard InChI is InChI=1S/C17H36N2/c1-8-11-18-16-15(9-10-17(16,6)7)19(14(4)5)12-13(2)3/h13-16,18H,8-12H2,1-7H3. The number of nitrogens with zero attached hydrogens (tertiary/aromatic N) is 1. The van der Waals surface area contributed by atoms with Crippen molar-refractivity contribution in [2.24, 2.45) is 11.3 Å². The van der Waals surface area contributed by atoms with Crippen LogP contribution in [0.25, 0.3) is 0 Å². The Morgan fingerprint density at radius 3 is 2.32 bits per heavy atom. The molecular weight excluding hydrogens is 232 g/mol. The molecule has 0 aromatic carbocycles. The topological polar surface area (TPSA) is 15.3 Å². The predicted molar refractivity (Wildman–Crippen MR) is 85.6 cm³/mol. The molecule has 1 aliphatic rings. The highest BCUT2D eigenvalue weighted by Gasteiger charge is 2.44. The van der Waals surface area contributed by atoms with Crippen LogP contribution in [-0.4, -0.2) is 36.1 Å². The number of hydrogen-bond acceptors (Lipinski definition) is 2. The summed E-state index contributed by atoms with van der Waals surface area (Å²) in [4.78, 5) is 2.74. The van der Waals surface area contributed by atoms with Crippen molar-refractivity contribution in [1.29, 1.82) is 0 Å². The summed E-state index contributed by atoms with van der Waals surface area (Å²) in [6.07, 6.45) is 3.92. The van der Waals surface area contributed by atoms with Gasteiger partial charge in [0.2, 0.25) is 0 Å². The molecule has 0 aromatic heterocycles. The molecule has 0 aromatic rings. The first-order valence-corrected chi connectivity index (χ1v) is 8.28. The summed E-state index contributed by atoms with van der Waals surface area (Å²) >= 11 is 0. The minimum atomic E-state index is 0.434. The molecule has 2 heteroatoms. The molecule has 0 heterocycles. The van der Waals surface area contributed by atoms with Crippen molar-refractivity contribution in [2.45, 2.75) is 85.9 Å². The molecule has 0 saturated heterocycles. The third kappa shape index (κ3) is 4.46. The van der Waals surface area contributed by atoms with Crippen molar-refractivity contribution in [3.63, 3.8) is 0 Å². The van der Waals surface area contributed by atoms with Gasteiger partial charge in [0.05, 0.1) is 0 Å². The van der Waals surface area contributed by atoms with E-state index in [-0.39, 0.29) is 0 Å². The summed E-state index contributed by atoms with van der Waals surface area (Å²) in [6, 6.07) is 2.00. The molecule has 0 aliphatic heterocycles. The Morgan fingerprint density at radius 2 is 1.84 bits per heavy atom. The Balaban J connectivity index is 2.81. The summed E-state index contributed by atoms with van der Waals surface area (Å²) in [5, 5.41) is 3.84. The predicted octanol–water partition coefficient (Wildman–Crippen LogP) is 3.91. The Bertz CT molecular complexity index is 258. The van der Waals surface area contributed by atoms with Crippen LogP contribution < -0.4 is 5.32 Å². The van der Waals surface area contributed by atoms with E-state index in [1.54, 1.807) is 0 Å². The van der Waals surface area contributed by atoms with E-state index in [2.05, 4.69) is 58.7 Å². The Morgan fingerprint density at radius 1 is 1.21 bits per heavy atom. The lowest BCUT2D eigenvalue weighted by atomic mass is 9.86. The molecule has 2 nitrogen and oxygen atoms in total. The molecule has 2 unspecified atom stereocenters. The maximum Gasteiger partial charge on any atom is 0.0274 e. The highest BCUT2D eigenvalue weighted by Crippen LogP contribution is 2.40. The van der Waals surface area contributed by atoms with Crippen LogP contribution in [0.5, 0.6) is 0 Å². The summed E-state index contributed by atoms with van der Waals surface area (Å²) in [5.41, 5.74) is 0.434. The van der Waals surface area contributed by atoms with Crippen molar-refractivity contribution in [1.82, 2.24) is 10.2 Å². The first-order valence-electron chi connectivity index (χ1n) is 8.28. The van der Waals surface area contributed by atoms with E-state index in [1.807, 2.05) is 0 Å². The molecule has 1 aliphatic carbocycles. The molecule has 114 valence electrons. The van der Waals surface area contributed by atoms with Gasteiger partial charge in [-0.1, -0.05) is 34.6 Å². The highest BCUT2D eigenvalue weighted by atomic mass is 15.2. The van der Waals surface area contributed by atoms with Crippen LogP contribution in [0.4, 0.5) is 0 Å². The fourth-order valence-electron chi connectivity index (χ4n) is 3.58. The third-order valence-corrected chi connectivity index (χ3v) is 4.59. The van der Waals surface area contributed by atoms with Gasteiger partial charge in [0, 0.05) is 24.7 Å². The smallest absolute Gasteiger partial charge is 0.0274 e. The minimum Gasteiger partial charge on any atom is -0.312 e. The normalized spacial score (nSPS) is 26.8. The summed E-state index contributed by atoms with van der Waals surface area (Å²) in [5.74, 6) is 0.748. The zero-order valence-corrected chi connectivity index (χ0v) is 14.3. The molecule has 0 amide bonds. The van der Waals surface area contributed by atoms with Gasteiger partial charge in [-0.25, -0.2) is 0 Å². The SMILES string of the molecule is CCCNC1C(N(CC(C)C)C(C)C)CCC1(C)C. The average Bonchev–Trinajstić information content (AvgIpc) is 2.58. The van der Waals surface area contributed by atoms with Crippen LogP contribution in [0, 0.1) is 11.3 Å². The molecule has 1 saturated carbocycles. The highest BCUT2D eigenvalue weighted by molar-refractivity contribution is 5.01. The minimum absolute atomic E-state index is 0.434. The molecule has 0 radical (unpaired) electrons. The van der Waals surface area contributed by atoms with Crippen molar-refractivity contribution in [2.75, 3.05) is 13.1 Å². The van der Waals surface area contributed by atoms with Crippen LogP contribution in [0.1, 0.15) is 67.7 Å². The van der Waals surface area contributed by atoms with Crippen LogP contribution in [0.3, 0.4) is 0 Å². The van der Waals surface area contributed by atoms with Crippen molar-refractivity contribution >= 4 is 0 Å². The molecule has 1 N–H and O–H groups in total. The second-order valence-corrected chi connectivity index (χ2v) is 7.71. The van der Waals surface area contributed by atoms with Crippen molar-refractivity contribution in [3.8, 4) is 0 Å². The largest absolute Gasteiger partial charge is 0.312 e. The van der Waals surface area contributed by atoms with Gasteiger partial charge in [0.1, 0.15) is 0 Å². The lowest BCUT2D eigenvalue weighted by molar-refractivity contribution is 0.100. The summed E-state index contributed by atoms with van der Waals surface area (Å²) in [7, 11) is 0. The molecule has 0 spiro atoms. The summed E-state index contributed by atoms with van der Waals surface area (Å²) in [6.45, 7) is 18.9. The van der Waals surface area contributed by atoms with Gasteiger partial charge in [-0.2, -0.15) is 0 Å². The third-order valence-electron chi connectivity index (χ3n) is 4.59. The van der Waals surface area contributed by atoms with E-state index in [1.165, 1.54) is 25.8 Å². The van der Waals surface area contributed by atoms with Crippen molar-refractivity contribution < 1.29 is 0 Å². The zero-order valence-electron chi connectivity index (χ0n) is 14.3. The van der Waals surface area contributed by atoms with Crippen LogP contribution in [-0.2, 0) is 0 Å². The van der Waals surface area contributed by atoms with Crippen LogP contribution in [0.15, 0.2) is 0 Å². The first kappa shape index (κ1) is 17.0. The van der Waals surface area contributed by atoms with Crippen molar-refractivity contribution in [3.05, 3.63) is 0 Å². The van der Waals surface area contributed by atoms with E-state index >= 15 is 0 Å². The lowest BCUT2D eigenvalue weighted by Crippen LogP contribution is -2.54. The van der Waals surface area contributed by atoms with E-state index in [0.717, 1.165) is 12.5 Å². The van der Waals surface area contributed by atoms with Gasteiger partial charge in [0.15, 0.2) is 0 Å². The molecule has 0 bridgehead atoms. The van der Waals surface area contributed by atoms with Gasteiger partial charge in [-0.15, -0.1) is 0 Å². The molecular formula is C17H36N2. The monoisotopic (exact) mass is 268 g/mol. The second kappa shape index (κ2) is 7.08.